The molecule has 1 aromatic carbocycles. The van der Waals surface area contributed by atoms with E-state index in [-0.39, 0.29) is 5.91 Å². The second-order valence-electron chi connectivity index (χ2n) is 8.72. The van der Waals surface area contributed by atoms with Crippen LogP contribution >= 0.6 is 11.6 Å². The number of halogens is 1. The molecule has 1 aliphatic heterocycles. The second-order valence-corrected chi connectivity index (χ2v) is 9.13. The first kappa shape index (κ1) is 23.0. The number of hydrogen-bond donors (Lipinski definition) is 0. The summed E-state index contributed by atoms with van der Waals surface area (Å²) in [5, 5.41) is 4.82. The fourth-order valence-electron chi connectivity index (χ4n) is 4.32. The number of rotatable bonds is 4. The molecule has 0 aliphatic carbocycles. The van der Waals surface area contributed by atoms with Crippen LogP contribution < -0.4 is 4.90 Å². The molecule has 0 N–H and O–H groups in total. The van der Waals surface area contributed by atoms with E-state index >= 15 is 0 Å². The van der Waals surface area contributed by atoms with Crippen molar-refractivity contribution < 1.29 is 4.79 Å². The Kier molecular flexibility index (Phi) is 6.21. The molecule has 0 atom stereocenters. The zero-order chi connectivity index (χ0) is 24.5. The summed E-state index contributed by atoms with van der Waals surface area (Å²) in [6, 6.07) is 11.9. The van der Waals surface area contributed by atoms with Crippen LogP contribution in [0.4, 0.5) is 5.82 Å². The maximum absolute atomic E-state index is 13.0. The zero-order valence-corrected chi connectivity index (χ0v) is 20.7. The highest BCUT2D eigenvalue weighted by atomic mass is 35.5. The van der Waals surface area contributed by atoms with E-state index < -0.39 is 0 Å². The lowest BCUT2D eigenvalue weighted by Crippen LogP contribution is -2.49. The van der Waals surface area contributed by atoms with Crippen molar-refractivity contribution in [3.8, 4) is 22.5 Å². The number of aromatic nitrogens is 5. The first-order chi connectivity index (χ1) is 16.9. The van der Waals surface area contributed by atoms with Crippen LogP contribution in [0.15, 0.2) is 55.0 Å². The van der Waals surface area contributed by atoms with Gasteiger partial charge in [0.1, 0.15) is 17.2 Å². The third-order valence-electron chi connectivity index (χ3n) is 6.22. The molecule has 1 fully saturated rings. The van der Waals surface area contributed by atoms with Gasteiger partial charge in [0, 0.05) is 56.7 Å². The topological polar surface area (TPSA) is 80.0 Å². The molecule has 0 saturated carbocycles. The largest absolute Gasteiger partial charge is 0.352 e. The number of carbonyl (C=O) groups excluding carboxylic acids is 1. The number of nitrogens with zero attached hydrogens (tertiary/aromatic N) is 7. The number of amides is 1. The van der Waals surface area contributed by atoms with Gasteiger partial charge in [0.2, 0.25) is 0 Å². The number of aryl methyl sites for hydroxylation is 3. The van der Waals surface area contributed by atoms with Crippen LogP contribution in [0.5, 0.6) is 0 Å². The normalized spacial score (nSPS) is 13.8. The molecule has 4 heterocycles. The maximum atomic E-state index is 13.0. The van der Waals surface area contributed by atoms with Crippen LogP contribution in [0.25, 0.3) is 22.5 Å². The molecule has 178 valence electrons. The lowest BCUT2D eigenvalue weighted by Gasteiger charge is -2.35. The lowest BCUT2D eigenvalue weighted by atomic mass is 10.0. The van der Waals surface area contributed by atoms with Crippen molar-refractivity contribution in [1.82, 2.24) is 29.6 Å². The van der Waals surface area contributed by atoms with Crippen molar-refractivity contribution in [2.75, 3.05) is 31.1 Å². The number of carbonyl (C=O) groups is 1. The molecule has 9 heteroatoms. The van der Waals surface area contributed by atoms with Crippen molar-refractivity contribution in [3.05, 3.63) is 77.0 Å². The van der Waals surface area contributed by atoms with E-state index in [4.69, 9.17) is 21.6 Å². The summed E-state index contributed by atoms with van der Waals surface area (Å²) in [7, 11) is 1.80. The van der Waals surface area contributed by atoms with E-state index in [1.807, 2.05) is 36.1 Å². The monoisotopic (exact) mass is 487 g/mol. The van der Waals surface area contributed by atoms with Crippen molar-refractivity contribution in [2.24, 2.45) is 7.05 Å². The highest BCUT2D eigenvalue weighted by Gasteiger charge is 2.26. The molecule has 35 heavy (non-hydrogen) atoms. The molecular weight excluding hydrogens is 462 g/mol. The minimum atomic E-state index is -0.00203. The van der Waals surface area contributed by atoms with E-state index in [2.05, 4.69) is 34.0 Å². The van der Waals surface area contributed by atoms with E-state index in [0.29, 0.717) is 42.6 Å². The molecule has 3 aromatic heterocycles. The van der Waals surface area contributed by atoms with Gasteiger partial charge in [-0.05, 0) is 26.0 Å². The molecule has 1 saturated heterocycles. The van der Waals surface area contributed by atoms with Gasteiger partial charge in [-0.2, -0.15) is 5.10 Å². The molecule has 5 rings (SSSR count). The van der Waals surface area contributed by atoms with Crippen LogP contribution in [-0.2, 0) is 7.05 Å². The highest BCUT2D eigenvalue weighted by molar-refractivity contribution is 6.33. The van der Waals surface area contributed by atoms with Crippen LogP contribution in [0.2, 0.25) is 5.02 Å². The maximum Gasteiger partial charge on any atom is 0.272 e. The lowest BCUT2D eigenvalue weighted by molar-refractivity contribution is 0.0735. The van der Waals surface area contributed by atoms with Crippen LogP contribution in [0.3, 0.4) is 0 Å². The molecule has 1 amide bonds. The Morgan fingerprint density at radius 3 is 2.37 bits per heavy atom. The summed E-state index contributed by atoms with van der Waals surface area (Å²) in [4.78, 5) is 30.9. The Morgan fingerprint density at radius 1 is 0.971 bits per heavy atom. The average Bonchev–Trinajstić information content (AvgIpc) is 3.22. The number of pyridine rings is 1. The molecule has 8 nitrogen and oxygen atoms in total. The fourth-order valence-corrected chi connectivity index (χ4v) is 4.53. The van der Waals surface area contributed by atoms with Crippen LogP contribution in [0, 0.1) is 13.8 Å². The Morgan fingerprint density at radius 2 is 1.71 bits per heavy atom. The van der Waals surface area contributed by atoms with Crippen LogP contribution in [-0.4, -0.2) is 61.7 Å². The van der Waals surface area contributed by atoms with Gasteiger partial charge >= 0.3 is 0 Å². The molecule has 4 aromatic rings. The summed E-state index contributed by atoms with van der Waals surface area (Å²) < 4.78 is 1.64. The zero-order valence-electron chi connectivity index (χ0n) is 19.9. The minimum absolute atomic E-state index is 0.00203. The van der Waals surface area contributed by atoms with Crippen LogP contribution in [0.1, 0.15) is 21.7 Å². The first-order valence-electron chi connectivity index (χ1n) is 11.5. The molecule has 0 bridgehead atoms. The number of benzene rings is 1. The van der Waals surface area contributed by atoms with Gasteiger partial charge in [0.15, 0.2) is 0 Å². The standard InChI is InChI=1S/C26H26ClN7O/c1-17-4-6-19(7-5-17)24-25(20-8-9-28-15-21(20)27)30-23(16-29-24)33-10-12-34(13-11-33)26(35)22-14-18(2)31-32(22)3/h4-9,14-16H,10-13H2,1-3H3. The van der Waals surface area contributed by atoms with Gasteiger partial charge < -0.3 is 9.80 Å². The minimum Gasteiger partial charge on any atom is -0.352 e. The van der Waals surface area contributed by atoms with Crippen molar-refractivity contribution in [3.63, 3.8) is 0 Å². The number of hydrogen-bond acceptors (Lipinski definition) is 6. The van der Waals surface area contributed by atoms with Gasteiger partial charge in [-0.3, -0.25) is 19.4 Å². The van der Waals surface area contributed by atoms with Gasteiger partial charge in [-0.15, -0.1) is 0 Å². The third kappa shape index (κ3) is 4.61. The highest BCUT2D eigenvalue weighted by Crippen LogP contribution is 2.34. The fraction of sp³-hybridized carbons (Fsp3) is 0.269. The van der Waals surface area contributed by atoms with E-state index in [1.54, 1.807) is 30.3 Å². The van der Waals surface area contributed by atoms with Gasteiger partial charge in [-0.25, -0.2) is 4.98 Å². The third-order valence-corrected chi connectivity index (χ3v) is 6.53. The predicted molar refractivity (Wildman–Crippen MR) is 137 cm³/mol. The SMILES string of the molecule is Cc1ccc(-c2ncc(N3CCN(C(=O)c4cc(C)nn4C)CC3)nc2-c2ccncc2Cl)cc1. The Bertz CT molecular complexity index is 1370. The van der Waals surface area contributed by atoms with E-state index in [1.165, 1.54) is 5.56 Å². The number of piperazine rings is 1. The summed E-state index contributed by atoms with van der Waals surface area (Å²) >= 11 is 6.51. The van der Waals surface area contributed by atoms with Gasteiger partial charge in [-0.1, -0.05) is 41.4 Å². The summed E-state index contributed by atoms with van der Waals surface area (Å²) in [5.41, 5.74) is 5.85. The quantitative estimate of drug-likeness (QED) is 0.430. The molecule has 0 unspecified atom stereocenters. The van der Waals surface area contributed by atoms with Gasteiger partial charge in [0.05, 0.1) is 22.6 Å². The van der Waals surface area contributed by atoms with Gasteiger partial charge in [0.25, 0.3) is 5.91 Å². The molecule has 1 aliphatic rings. The predicted octanol–water partition coefficient (Wildman–Crippen LogP) is 4.17. The van der Waals surface area contributed by atoms with Crippen molar-refractivity contribution in [2.45, 2.75) is 13.8 Å². The second kappa shape index (κ2) is 9.46. The summed E-state index contributed by atoms with van der Waals surface area (Å²) in [6.45, 7) is 6.44. The molecule has 0 spiro atoms. The average molecular weight is 488 g/mol. The Balaban J connectivity index is 1.42. The summed E-state index contributed by atoms with van der Waals surface area (Å²) in [5.74, 6) is 0.755. The Labute approximate surface area is 209 Å². The Hall–Kier alpha value is -3.78. The molecular formula is C26H26ClN7O. The number of anilines is 1. The van der Waals surface area contributed by atoms with Crippen molar-refractivity contribution >= 4 is 23.3 Å². The smallest absolute Gasteiger partial charge is 0.272 e. The van der Waals surface area contributed by atoms with E-state index in [9.17, 15) is 4.79 Å². The van der Waals surface area contributed by atoms with E-state index in [0.717, 1.165) is 28.3 Å². The molecule has 0 radical (unpaired) electrons. The first-order valence-corrected chi connectivity index (χ1v) is 11.9. The summed E-state index contributed by atoms with van der Waals surface area (Å²) in [6.07, 6.45) is 5.13. The van der Waals surface area contributed by atoms with Crippen molar-refractivity contribution in [1.29, 1.82) is 0 Å².